The molecule has 3 N–H and O–H groups in total. The molecule has 2 aromatic carbocycles. The molecule has 0 radical (unpaired) electrons. The van der Waals surface area contributed by atoms with Crippen molar-refractivity contribution in [2.24, 2.45) is 0 Å². The van der Waals surface area contributed by atoms with Gasteiger partial charge in [-0.3, -0.25) is 0 Å². The number of fused-ring (bicyclic) bond motifs is 1. The van der Waals surface area contributed by atoms with E-state index in [2.05, 4.69) is 0 Å². The first-order valence-electron chi connectivity index (χ1n) is 5.76. The average Bonchev–Trinajstić information content (AvgIpc) is 2.37. The molecule has 0 aliphatic rings. The van der Waals surface area contributed by atoms with Crippen molar-refractivity contribution >= 4 is 28.4 Å². The Morgan fingerprint density at radius 3 is 2.47 bits per heavy atom. The number of anilines is 1. The molecule has 0 aromatic heterocycles. The summed E-state index contributed by atoms with van der Waals surface area (Å²) in [7, 11) is 0. The second-order valence-corrected chi connectivity index (χ2v) is 4.03. The van der Waals surface area contributed by atoms with Crippen molar-refractivity contribution in [1.82, 2.24) is 0 Å². The summed E-state index contributed by atoms with van der Waals surface area (Å²) in [5.74, 6) is -1.81. The number of nitrogens with two attached hydrogens (primary N) is 1. The molecule has 98 valence electrons. The smallest absolute Gasteiger partial charge is 0.339 e. The largest absolute Gasteiger partial charge is 0.478 e. The maximum absolute atomic E-state index is 11.8. The molecule has 0 heterocycles. The predicted octanol–water partition coefficient (Wildman–Crippen LogP) is 2.30. The van der Waals surface area contributed by atoms with Crippen LogP contribution in [0.15, 0.2) is 30.3 Å². The van der Waals surface area contributed by atoms with Crippen LogP contribution in [0, 0.1) is 0 Å². The third-order valence-electron chi connectivity index (χ3n) is 2.73. The maximum Gasteiger partial charge on any atom is 0.339 e. The van der Waals surface area contributed by atoms with Crippen LogP contribution < -0.4 is 5.73 Å². The minimum absolute atomic E-state index is 0.0478. The number of carbonyl (C=O) groups is 2. The third kappa shape index (κ3) is 2.49. The molecule has 0 aliphatic carbocycles. The van der Waals surface area contributed by atoms with Crippen molar-refractivity contribution in [1.29, 1.82) is 0 Å². The summed E-state index contributed by atoms with van der Waals surface area (Å²) in [6.45, 7) is 1.86. The molecule has 0 fully saturated rings. The molecule has 0 spiro atoms. The number of esters is 1. The third-order valence-corrected chi connectivity index (χ3v) is 2.73. The Bertz CT molecular complexity index is 664. The quantitative estimate of drug-likeness (QED) is 0.652. The predicted molar refractivity (Wildman–Crippen MR) is 71.3 cm³/mol. The Balaban J connectivity index is 2.67. The van der Waals surface area contributed by atoms with Crippen LogP contribution in [0.1, 0.15) is 27.6 Å². The highest BCUT2D eigenvalue weighted by Crippen LogP contribution is 2.23. The minimum atomic E-state index is -1.17. The van der Waals surface area contributed by atoms with Crippen LogP contribution in [0.3, 0.4) is 0 Å². The van der Waals surface area contributed by atoms with Gasteiger partial charge in [-0.25, -0.2) is 9.59 Å². The summed E-state index contributed by atoms with van der Waals surface area (Å²) in [5, 5.41) is 10.6. The summed E-state index contributed by atoms with van der Waals surface area (Å²) in [6, 6.07) is 8.03. The molecule has 0 amide bonds. The lowest BCUT2D eigenvalue weighted by atomic mass is 10.0. The lowest BCUT2D eigenvalue weighted by molar-refractivity contribution is 0.0515. The first kappa shape index (κ1) is 12.9. The fraction of sp³-hybridized carbons (Fsp3) is 0.143. The highest BCUT2D eigenvalue weighted by Gasteiger charge is 2.18. The van der Waals surface area contributed by atoms with E-state index in [1.807, 2.05) is 0 Å². The molecule has 0 aliphatic heterocycles. The molecule has 19 heavy (non-hydrogen) atoms. The van der Waals surface area contributed by atoms with Gasteiger partial charge >= 0.3 is 11.9 Å². The van der Waals surface area contributed by atoms with E-state index in [1.165, 1.54) is 12.1 Å². The molecule has 0 unspecified atom stereocenters. The Hall–Kier alpha value is -2.56. The van der Waals surface area contributed by atoms with Crippen molar-refractivity contribution in [2.45, 2.75) is 6.92 Å². The lowest BCUT2D eigenvalue weighted by Crippen LogP contribution is -2.11. The van der Waals surface area contributed by atoms with Crippen LogP contribution >= 0.6 is 0 Å². The van der Waals surface area contributed by atoms with Crippen molar-refractivity contribution in [3.05, 3.63) is 41.5 Å². The zero-order valence-corrected chi connectivity index (χ0v) is 10.3. The van der Waals surface area contributed by atoms with Crippen molar-refractivity contribution < 1.29 is 19.4 Å². The highest BCUT2D eigenvalue weighted by molar-refractivity contribution is 6.07. The SMILES string of the molecule is CCOC(=O)c1cc2ccc(N)cc2cc1C(=O)O. The van der Waals surface area contributed by atoms with Gasteiger partial charge in [0.15, 0.2) is 0 Å². The first-order valence-corrected chi connectivity index (χ1v) is 5.76. The minimum Gasteiger partial charge on any atom is -0.478 e. The summed E-state index contributed by atoms with van der Waals surface area (Å²) < 4.78 is 4.86. The van der Waals surface area contributed by atoms with Crippen LogP contribution in [0.5, 0.6) is 0 Å². The fourth-order valence-electron chi connectivity index (χ4n) is 1.87. The number of hydrogen-bond donors (Lipinski definition) is 2. The standard InChI is InChI=1S/C14H13NO4/c1-2-19-14(18)12-6-8-3-4-10(15)5-9(8)7-11(12)13(16)17/h3-7H,2,15H2,1H3,(H,16,17). The Morgan fingerprint density at radius 1 is 1.16 bits per heavy atom. The van der Waals surface area contributed by atoms with Crippen LogP contribution in [0.2, 0.25) is 0 Å². The van der Waals surface area contributed by atoms with E-state index in [4.69, 9.17) is 10.5 Å². The Labute approximate surface area is 109 Å². The molecule has 2 aromatic rings. The number of ether oxygens (including phenoxy) is 1. The van der Waals surface area contributed by atoms with Gasteiger partial charge in [0.25, 0.3) is 0 Å². The fourth-order valence-corrected chi connectivity index (χ4v) is 1.87. The Kier molecular flexibility index (Phi) is 3.37. The molecular weight excluding hydrogens is 246 g/mol. The number of carboxylic acids is 1. The van der Waals surface area contributed by atoms with Gasteiger partial charge in [-0.1, -0.05) is 6.07 Å². The van der Waals surface area contributed by atoms with Gasteiger partial charge in [-0.05, 0) is 42.0 Å². The van der Waals surface area contributed by atoms with Crippen molar-refractivity contribution in [2.75, 3.05) is 12.3 Å². The van der Waals surface area contributed by atoms with E-state index in [-0.39, 0.29) is 17.7 Å². The van der Waals surface area contributed by atoms with Gasteiger partial charge in [0.1, 0.15) is 0 Å². The molecule has 0 bridgehead atoms. The number of carboxylic acid groups (broad SMARTS) is 1. The first-order chi connectivity index (χ1) is 9.02. The van der Waals surface area contributed by atoms with Crippen LogP contribution in [0.4, 0.5) is 5.69 Å². The molecule has 2 rings (SSSR count). The zero-order chi connectivity index (χ0) is 14.0. The average molecular weight is 259 g/mol. The van der Waals surface area contributed by atoms with Gasteiger partial charge < -0.3 is 15.6 Å². The number of rotatable bonds is 3. The molecule has 0 atom stereocenters. The number of benzene rings is 2. The van der Waals surface area contributed by atoms with Crippen molar-refractivity contribution in [3.63, 3.8) is 0 Å². The molecule has 5 nitrogen and oxygen atoms in total. The molecule has 0 saturated carbocycles. The van der Waals surface area contributed by atoms with Gasteiger partial charge in [0.2, 0.25) is 0 Å². The monoisotopic (exact) mass is 259 g/mol. The van der Waals surface area contributed by atoms with E-state index in [0.29, 0.717) is 11.1 Å². The second-order valence-electron chi connectivity index (χ2n) is 4.03. The van der Waals surface area contributed by atoms with Crippen LogP contribution in [-0.4, -0.2) is 23.7 Å². The lowest BCUT2D eigenvalue weighted by Gasteiger charge is -2.08. The molecule has 5 heteroatoms. The van der Waals surface area contributed by atoms with E-state index in [9.17, 15) is 14.7 Å². The van der Waals surface area contributed by atoms with E-state index in [1.54, 1.807) is 25.1 Å². The maximum atomic E-state index is 11.8. The molecule has 0 saturated heterocycles. The van der Waals surface area contributed by atoms with E-state index < -0.39 is 11.9 Å². The second kappa shape index (κ2) is 4.97. The van der Waals surface area contributed by atoms with Crippen LogP contribution in [-0.2, 0) is 4.74 Å². The van der Waals surface area contributed by atoms with Gasteiger partial charge in [-0.15, -0.1) is 0 Å². The van der Waals surface area contributed by atoms with E-state index >= 15 is 0 Å². The number of hydrogen-bond acceptors (Lipinski definition) is 4. The van der Waals surface area contributed by atoms with Crippen LogP contribution in [0.25, 0.3) is 10.8 Å². The normalized spacial score (nSPS) is 10.4. The van der Waals surface area contributed by atoms with E-state index in [0.717, 1.165) is 5.39 Å². The summed E-state index contributed by atoms with van der Waals surface area (Å²) in [4.78, 5) is 23.0. The topological polar surface area (TPSA) is 89.6 Å². The highest BCUT2D eigenvalue weighted by atomic mass is 16.5. The number of nitrogen functional groups attached to an aromatic ring is 1. The van der Waals surface area contributed by atoms with Gasteiger partial charge in [-0.2, -0.15) is 0 Å². The summed E-state index contributed by atoms with van der Waals surface area (Å²) in [6.07, 6.45) is 0. The number of aromatic carboxylic acids is 1. The van der Waals surface area contributed by atoms with Gasteiger partial charge in [0, 0.05) is 5.69 Å². The Morgan fingerprint density at radius 2 is 1.84 bits per heavy atom. The van der Waals surface area contributed by atoms with Crippen molar-refractivity contribution in [3.8, 4) is 0 Å². The molecular formula is C14H13NO4. The zero-order valence-electron chi connectivity index (χ0n) is 10.3. The summed E-state index contributed by atoms with van der Waals surface area (Å²) in [5.41, 5.74) is 6.15. The number of carbonyl (C=O) groups excluding carboxylic acids is 1. The van der Waals surface area contributed by atoms with Gasteiger partial charge in [0.05, 0.1) is 17.7 Å². The summed E-state index contributed by atoms with van der Waals surface area (Å²) >= 11 is 0.